The van der Waals surface area contributed by atoms with Gasteiger partial charge in [-0.2, -0.15) is 0 Å². The van der Waals surface area contributed by atoms with E-state index in [1.54, 1.807) is 0 Å². The Balaban J connectivity index is 0. The molecule has 0 rings (SSSR count). The zero-order valence-corrected chi connectivity index (χ0v) is 18.1. The average molecular weight is 412 g/mol. The maximum absolute atomic E-state index is 0. The van der Waals surface area contributed by atoms with E-state index in [4.69, 9.17) is 0 Å². The maximum atomic E-state index is 0. The van der Waals surface area contributed by atoms with Crippen LogP contribution in [0.4, 0.5) is 0 Å². The molecule has 0 aromatic heterocycles. The van der Waals surface area contributed by atoms with E-state index in [1.165, 1.54) is 0 Å². The molecule has 0 aromatic carbocycles. The Labute approximate surface area is 217 Å². The second-order valence-electron chi connectivity index (χ2n) is 0. The predicted molar refractivity (Wildman–Crippen MR) is 63.3 cm³/mol. The first-order chi connectivity index (χ1) is 0. The van der Waals surface area contributed by atoms with E-state index < -0.39 is 0 Å². The average Bonchev–Trinajstić information content (AvgIpc) is 0. The fourth-order valence-corrected chi connectivity index (χ4v) is 0. The molecule has 0 bridgehead atoms. The van der Waals surface area contributed by atoms with Crippen molar-refractivity contribution in [3.05, 3.63) is 0 Å². The van der Waals surface area contributed by atoms with Crippen molar-refractivity contribution in [3.8, 4) is 0 Å². The molecule has 0 aliphatic rings. The van der Waals surface area contributed by atoms with Crippen LogP contribution in [0.1, 0.15) is 0 Å². The van der Waals surface area contributed by atoms with Crippen LogP contribution in [-0.2, 0) is 0 Å². The van der Waals surface area contributed by atoms with Crippen molar-refractivity contribution in [2.75, 3.05) is 0 Å². The van der Waals surface area contributed by atoms with Gasteiger partial charge in [-0.1, -0.05) is 0 Å². The van der Waals surface area contributed by atoms with E-state index in [2.05, 4.69) is 0 Å². The molecule has 0 nitrogen and oxygen atoms in total. The van der Waals surface area contributed by atoms with Gasteiger partial charge >= 0.3 is 0 Å². The van der Waals surface area contributed by atoms with E-state index >= 15 is 0 Å². The van der Waals surface area contributed by atoms with Crippen molar-refractivity contribution in [3.63, 3.8) is 0 Å². The molecule has 0 saturated carbocycles. The van der Waals surface area contributed by atoms with Gasteiger partial charge in [0.25, 0.3) is 0 Å². The fourth-order valence-electron chi connectivity index (χ4n) is 0. The molecular formula is Li8Sn3. The Morgan fingerprint density at radius 1 is 0.182 bits per heavy atom. The Morgan fingerprint density at radius 3 is 0.182 bits per heavy atom. The third-order valence-electron chi connectivity index (χ3n) is 0. The predicted octanol–water partition coefficient (Wildman–Crippen LogP) is -4.19. The molecule has 0 heterocycles. The van der Waals surface area contributed by atoms with Crippen LogP contribution in [-0.4, -0.2) is 223 Å². The van der Waals surface area contributed by atoms with Gasteiger partial charge in [-0.3, -0.25) is 0 Å². The summed E-state index contributed by atoms with van der Waals surface area (Å²) in [6, 6.07) is 0. The van der Waals surface area contributed by atoms with Gasteiger partial charge in [-0.25, -0.2) is 0 Å². The molecular weight excluding hydrogens is 412 g/mol. The molecule has 0 aromatic rings. The molecule has 11 heteroatoms. The first kappa shape index (κ1) is 104. The summed E-state index contributed by atoms with van der Waals surface area (Å²) in [6.45, 7) is 0. The first-order valence-electron chi connectivity index (χ1n) is 0. The van der Waals surface area contributed by atoms with E-state index in [0.717, 1.165) is 0 Å². The van der Waals surface area contributed by atoms with E-state index in [1.807, 2.05) is 0 Å². The Morgan fingerprint density at radius 2 is 0.182 bits per heavy atom. The van der Waals surface area contributed by atoms with Gasteiger partial charge in [0.1, 0.15) is 0 Å². The van der Waals surface area contributed by atoms with Crippen molar-refractivity contribution in [2.24, 2.45) is 0 Å². The van der Waals surface area contributed by atoms with Crippen LogP contribution >= 0.6 is 0 Å². The van der Waals surface area contributed by atoms with Crippen LogP contribution in [0.15, 0.2) is 0 Å². The largest absolute Gasteiger partial charge is 0 e. The Kier molecular flexibility index (Phi) is 826. The molecule has 0 aliphatic heterocycles. The van der Waals surface area contributed by atoms with Gasteiger partial charge in [0.2, 0.25) is 0 Å². The van der Waals surface area contributed by atoms with Crippen LogP contribution in [0.3, 0.4) is 0 Å². The van der Waals surface area contributed by atoms with Crippen LogP contribution in [0.2, 0.25) is 0 Å². The van der Waals surface area contributed by atoms with Gasteiger partial charge in [0, 0.05) is 223 Å². The SMILES string of the molecule is [Li].[Li].[Li].[Li].[Li].[Li].[Li].[Li].[Sn].[Sn].[Sn]. The molecule has 0 amide bonds. The van der Waals surface area contributed by atoms with Crippen LogP contribution < -0.4 is 0 Å². The zero-order valence-electron chi connectivity index (χ0n) is 9.50. The second-order valence-corrected chi connectivity index (χ2v) is 0. The standard InChI is InChI=1S/8Li.3Sn. The van der Waals surface area contributed by atoms with E-state index in [0.29, 0.717) is 0 Å². The van der Waals surface area contributed by atoms with Crippen molar-refractivity contribution in [1.29, 1.82) is 0 Å². The van der Waals surface area contributed by atoms with Gasteiger partial charge in [0.05, 0.1) is 0 Å². The van der Waals surface area contributed by atoms with E-state index in [-0.39, 0.29) is 223 Å². The Bertz CT molecular complexity index is 9.30. The van der Waals surface area contributed by atoms with Crippen LogP contribution in [0, 0.1) is 0 Å². The summed E-state index contributed by atoms with van der Waals surface area (Å²) in [5.74, 6) is 0. The summed E-state index contributed by atoms with van der Waals surface area (Å²) in [6.07, 6.45) is 0. The normalized spacial score (nSPS) is 0. The zero-order chi connectivity index (χ0) is 0. The maximum Gasteiger partial charge on any atom is 0 e. The van der Waals surface area contributed by atoms with Crippen molar-refractivity contribution in [1.82, 2.24) is 0 Å². The molecule has 20 radical (unpaired) electrons. The summed E-state index contributed by atoms with van der Waals surface area (Å²) in [7, 11) is 0. The van der Waals surface area contributed by atoms with Gasteiger partial charge in [-0.05, 0) is 0 Å². The monoisotopic (exact) mass is 416 g/mol. The van der Waals surface area contributed by atoms with Crippen LogP contribution in [0.25, 0.3) is 0 Å². The third-order valence-corrected chi connectivity index (χ3v) is 0. The summed E-state index contributed by atoms with van der Waals surface area (Å²) >= 11 is 0. The second kappa shape index (κ2) is 87.3. The molecule has 0 atom stereocenters. The van der Waals surface area contributed by atoms with Crippen molar-refractivity contribution in [2.45, 2.75) is 0 Å². The molecule has 20 valence electrons. The smallest absolute Gasteiger partial charge is 0 e. The minimum absolute atomic E-state index is 0. The number of rotatable bonds is 0. The van der Waals surface area contributed by atoms with Gasteiger partial charge in [-0.15, -0.1) is 0 Å². The summed E-state index contributed by atoms with van der Waals surface area (Å²) in [4.78, 5) is 0. The number of hydrogen-bond donors (Lipinski definition) is 0. The topological polar surface area (TPSA) is 0 Å². The third kappa shape index (κ3) is 76.8. The minimum Gasteiger partial charge on any atom is 0 e. The quantitative estimate of drug-likeness (QED) is 0.355. The van der Waals surface area contributed by atoms with Crippen molar-refractivity contribution < 1.29 is 0 Å². The molecule has 0 fully saturated rings. The first-order valence-corrected chi connectivity index (χ1v) is 0. The van der Waals surface area contributed by atoms with Gasteiger partial charge in [0.15, 0.2) is 0 Å². The summed E-state index contributed by atoms with van der Waals surface area (Å²) in [5, 5.41) is 0. The molecule has 0 N–H and O–H groups in total. The van der Waals surface area contributed by atoms with E-state index in [9.17, 15) is 0 Å². The van der Waals surface area contributed by atoms with Crippen LogP contribution in [0.5, 0.6) is 0 Å². The molecule has 0 saturated heterocycles. The molecule has 0 unspecified atom stereocenters. The van der Waals surface area contributed by atoms with Gasteiger partial charge < -0.3 is 0 Å². The minimum atomic E-state index is 0. The van der Waals surface area contributed by atoms with Crippen molar-refractivity contribution >= 4 is 223 Å². The molecule has 0 aliphatic carbocycles. The number of hydrogen-bond acceptors (Lipinski definition) is 0. The fraction of sp³-hybridized carbons (Fsp3) is 0. The summed E-state index contributed by atoms with van der Waals surface area (Å²) in [5.41, 5.74) is 0. The summed E-state index contributed by atoms with van der Waals surface area (Å²) < 4.78 is 0. The molecule has 0 spiro atoms. The Hall–Kier alpha value is 7.18. The molecule has 11 heavy (non-hydrogen) atoms.